The second-order valence-corrected chi connectivity index (χ2v) is 7.92. The molecule has 0 radical (unpaired) electrons. The second-order valence-electron chi connectivity index (χ2n) is 6.54. The summed E-state index contributed by atoms with van der Waals surface area (Å²) >= 11 is 0. The molecule has 0 aliphatic carbocycles. The van der Waals surface area contributed by atoms with E-state index in [0.717, 1.165) is 0 Å². The molecule has 0 aliphatic heterocycles. The number of halogens is 17. The molecule has 0 saturated carbocycles. The average Bonchev–Trinajstić information content (AvgIpc) is 2.70. The molecule has 1 aromatic rings. The van der Waals surface area contributed by atoms with Crippen molar-refractivity contribution in [3.05, 3.63) is 35.9 Å². The standard InChI is InChI=1S/C15H5F17O4S.Na/c16-7(9(18,19)11(22,23)12(24,25)13(26,27)14(28,29)30)8(17)10(20,21)15(31,32)36-5-1-3-6(4-2-5)37(33,34)35;/h1-4H,(H,33,34,35);/q;+1/p-1/b8-7+;. The number of allylic oxidation sites excluding steroid dienone is 1. The molecular formula is C15H4F17NaO4S. The third-order valence-corrected chi connectivity index (χ3v) is 4.86. The minimum absolute atomic E-state index is 0. The number of rotatable bonds is 9. The number of hydrogen-bond donors (Lipinski definition) is 0. The van der Waals surface area contributed by atoms with Crippen molar-refractivity contribution >= 4 is 10.1 Å². The van der Waals surface area contributed by atoms with Gasteiger partial charge in [0.05, 0.1) is 4.90 Å². The van der Waals surface area contributed by atoms with Gasteiger partial charge in [0.15, 0.2) is 0 Å². The normalized spacial score (nSPS) is 15.5. The van der Waals surface area contributed by atoms with Crippen molar-refractivity contribution in [3.8, 4) is 5.75 Å². The molecule has 0 fully saturated rings. The molecule has 0 N–H and O–H groups in total. The predicted molar refractivity (Wildman–Crippen MR) is 80.0 cm³/mol. The third-order valence-electron chi connectivity index (χ3n) is 4.01. The van der Waals surface area contributed by atoms with Gasteiger partial charge < -0.3 is 9.29 Å². The Morgan fingerprint density at radius 2 is 1.00 bits per heavy atom. The Morgan fingerprint density at radius 1 is 0.632 bits per heavy atom. The Bertz CT molecular complexity index is 1140. The third kappa shape index (κ3) is 5.97. The SMILES string of the molecule is O=S(=O)([O-])c1ccc(OC(F)(F)C(F)(F)/C(F)=C(\F)C(F)(F)C(F)(F)C(F)(F)C(F)(F)C(F)(F)F)cc1.[Na+]. The minimum Gasteiger partial charge on any atom is -0.744 e. The first-order valence-corrected chi connectivity index (χ1v) is 9.55. The predicted octanol–water partition coefficient (Wildman–Crippen LogP) is 3.46. The van der Waals surface area contributed by atoms with Crippen molar-refractivity contribution in [1.29, 1.82) is 0 Å². The Labute approximate surface area is 220 Å². The van der Waals surface area contributed by atoms with Crippen molar-refractivity contribution in [2.24, 2.45) is 0 Å². The molecule has 38 heavy (non-hydrogen) atoms. The second kappa shape index (κ2) is 10.5. The van der Waals surface area contributed by atoms with Gasteiger partial charge in [0.2, 0.25) is 11.7 Å². The molecule has 0 aromatic heterocycles. The van der Waals surface area contributed by atoms with E-state index < -0.39 is 74.3 Å². The fourth-order valence-corrected chi connectivity index (χ4v) is 2.47. The summed E-state index contributed by atoms with van der Waals surface area (Å²) in [5.74, 6) is -52.2. The average molecular weight is 626 g/mol. The molecule has 1 aromatic carbocycles. The molecule has 0 amide bonds. The van der Waals surface area contributed by atoms with E-state index in [9.17, 15) is 87.6 Å². The molecule has 4 nitrogen and oxygen atoms in total. The van der Waals surface area contributed by atoms with E-state index in [-0.39, 0.29) is 53.8 Å². The van der Waals surface area contributed by atoms with Crippen LogP contribution in [0.4, 0.5) is 74.6 Å². The van der Waals surface area contributed by atoms with E-state index >= 15 is 0 Å². The van der Waals surface area contributed by atoms with E-state index in [1.54, 1.807) is 0 Å². The minimum atomic E-state index is -8.38. The summed E-state index contributed by atoms with van der Waals surface area (Å²) in [5, 5.41) is 0. The summed E-state index contributed by atoms with van der Waals surface area (Å²) in [6.07, 6.45) is -14.4. The molecular weight excluding hydrogens is 622 g/mol. The van der Waals surface area contributed by atoms with E-state index in [2.05, 4.69) is 4.74 Å². The Kier molecular flexibility index (Phi) is 10.0. The van der Waals surface area contributed by atoms with Crippen LogP contribution in [0.15, 0.2) is 40.8 Å². The van der Waals surface area contributed by atoms with Gasteiger partial charge in [-0.15, -0.1) is 0 Å². The Hall–Kier alpha value is -1.52. The van der Waals surface area contributed by atoms with Crippen LogP contribution in [-0.2, 0) is 10.1 Å². The summed E-state index contributed by atoms with van der Waals surface area (Å²) in [5.41, 5.74) is 0. The van der Waals surface area contributed by atoms with E-state index in [4.69, 9.17) is 0 Å². The Balaban J connectivity index is 0.0000137. The number of alkyl halides is 15. The first-order chi connectivity index (χ1) is 16.0. The molecule has 214 valence electrons. The van der Waals surface area contributed by atoms with Crippen LogP contribution in [0.5, 0.6) is 5.75 Å². The zero-order valence-electron chi connectivity index (χ0n) is 17.3. The van der Waals surface area contributed by atoms with Gasteiger partial charge in [0.25, 0.3) is 0 Å². The van der Waals surface area contributed by atoms with Gasteiger partial charge in [0, 0.05) is 0 Å². The van der Waals surface area contributed by atoms with Crippen LogP contribution in [0, 0.1) is 0 Å². The summed E-state index contributed by atoms with van der Waals surface area (Å²) in [6, 6.07) is 0.122. The largest absolute Gasteiger partial charge is 1.00 e. The van der Waals surface area contributed by atoms with Crippen LogP contribution >= 0.6 is 0 Å². The van der Waals surface area contributed by atoms with Crippen LogP contribution in [0.25, 0.3) is 0 Å². The molecule has 0 bridgehead atoms. The summed E-state index contributed by atoms with van der Waals surface area (Å²) in [4.78, 5) is -1.22. The van der Waals surface area contributed by atoms with Crippen LogP contribution in [-0.4, -0.2) is 54.9 Å². The maximum absolute atomic E-state index is 13.7. The first-order valence-electron chi connectivity index (χ1n) is 8.15. The summed E-state index contributed by atoms with van der Waals surface area (Å²) < 4.78 is 258. The van der Waals surface area contributed by atoms with Gasteiger partial charge >= 0.3 is 71.5 Å². The fourth-order valence-electron chi connectivity index (χ4n) is 2.00. The van der Waals surface area contributed by atoms with Crippen molar-refractivity contribution in [3.63, 3.8) is 0 Å². The number of hydrogen-bond acceptors (Lipinski definition) is 4. The fraction of sp³-hybridized carbons (Fsp3) is 0.467. The molecule has 0 aliphatic rings. The van der Waals surface area contributed by atoms with Crippen LogP contribution < -0.4 is 34.3 Å². The molecule has 23 heteroatoms. The number of ether oxygens (including phenoxy) is 1. The monoisotopic (exact) mass is 626 g/mol. The van der Waals surface area contributed by atoms with Gasteiger partial charge in [0.1, 0.15) is 15.9 Å². The smallest absolute Gasteiger partial charge is 0.744 e. The summed E-state index contributed by atoms with van der Waals surface area (Å²) in [6.45, 7) is 0. The quantitative estimate of drug-likeness (QED) is 0.240. The first kappa shape index (κ1) is 36.5. The number of benzene rings is 1. The van der Waals surface area contributed by atoms with Crippen molar-refractivity contribution in [1.82, 2.24) is 0 Å². The molecule has 0 unspecified atom stereocenters. The van der Waals surface area contributed by atoms with Crippen LogP contribution in [0.3, 0.4) is 0 Å². The van der Waals surface area contributed by atoms with E-state index in [0.29, 0.717) is 0 Å². The van der Waals surface area contributed by atoms with Crippen molar-refractivity contribution < 1.29 is 122 Å². The zero-order valence-corrected chi connectivity index (χ0v) is 20.1. The van der Waals surface area contributed by atoms with Gasteiger partial charge in [-0.05, 0) is 24.3 Å². The van der Waals surface area contributed by atoms with Gasteiger partial charge in [-0.2, -0.15) is 65.9 Å². The van der Waals surface area contributed by atoms with Gasteiger partial charge in [-0.25, -0.2) is 17.2 Å². The topological polar surface area (TPSA) is 66.4 Å². The maximum atomic E-state index is 13.7. The maximum Gasteiger partial charge on any atom is 1.00 e. The van der Waals surface area contributed by atoms with E-state index in [1.165, 1.54) is 0 Å². The van der Waals surface area contributed by atoms with Crippen molar-refractivity contribution in [2.45, 2.75) is 46.8 Å². The van der Waals surface area contributed by atoms with Crippen LogP contribution in [0.1, 0.15) is 0 Å². The zero-order chi connectivity index (χ0) is 29.8. The van der Waals surface area contributed by atoms with Crippen LogP contribution in [0.2, 0.25) is 0 Å². The van der Waals surface area contributed by atoms with Gasteiger partial charge in [-0.3, -0.25) is 0 Å². The summed E-state index contributed by atoms with van der Waals surface area (Å²) in [7, 11) is -5.28. The van der Waals surface area contributed by atoms with Gasteiger partial charge in [-0.1, -0.05) is 0 Å². The Morgan fingerprint density at radius 3 is 1.34 bits per heavy atom. The molecule has 0 heterocycles. The molecule has 1 rings (SSSR count). The van der Waals surface area contributed by atoms with Crippen molar-refractivity contribution in [2.75, 3.05) is 0 Å². The molecule has 0 saturated heterocycles. The van der Waals surface area contributed by atoms with E-state index in [1.807, 2.05) is 0 Å². The molecule has 0 atom stereocenters. The molecule has 0 spiro atoms.